The molecule has 0 bridgehead atoms. The Morgan fingerprint density at radius 1 is 1.23 bits per heavy atom. The number of carbonyl (C=O) groups excluding carboxylic acids is 1. The lowest BCUT2D eigenvalue weighted by molar-refractivity contribution is -0.113. The minimum absolute atomic E-state index is 0.256. The zero-order valence-corrected chi connectivity index (χ0v) is 23.8. The number of nitrogens with zero attached hydrogens (tertiary/aromatic N) is 2. The Morgan fingerprint density at radius 3 is 2.79 bits per heavy atom. The first kappa shape index (κ1) is 26.8. The van der Waals surface area contributed by atoms with Crippen LogP contribution in [-0.2, 0) is 11.2 Å². The van der Waals surface area contributed by atoms with Gasteiger partial charge in [-0.25, -0.2) is 4.99 Å². The molecular formula is C30H30ClN5O2S. The molecule has 7 nitrogen and oxygen atoms in total. The van der Waals surface area contributed by atoms with Gasteiger partial charge in [0.25, 0.3) is 5.91 Å². The number of oxazole rings is 1. The smallest absolute Gasteiger partial charge is 0.302 e. The summed E-state index contributed by atoms with van der Waals surface area (Å²) in [6.07, 6.45) is 7.84. The SMILES string of the molecule is C/C=C(/C)Sc1ccc(NC(=O)C2=C(C)NC(Nc3nc4c(o3)CCC=C4)=NC2c2ccccc2Cl)cc1C. The molecule has 1 amide bonds. The number of aliphatic imine (C=N–C) groups is 1. The number of carbonyl (C=O) groups is 1. The van der Waals surface area contributed by atoms with E-state index in [1.165, 1.54) is 4.91 Å². The molecule has 1 aliphatic carbocycles. The van der Waals surface area contributed by atoms with E-state index in [0.29, 0.717) is 34.0 Å². The molecule has 0 saturated heterocycles. The van der Waals surface area contributed by atoms with E-state index in [1.54, 1.807) is 17.8 Å². The van der Waals surface area contributed by atoms with Crippen molar-refractivity contribution in [3.8, 4) is 0 Å². The Morgan fingerprint density at radius 2 is 2.05 bits per heavy atom. The molecule has 200 valence electrons. The summed E-state index contributed by atoms with van der Waals surface area (Å²) in [6, 6.07) is 13.1. The third kappa shape index (κ3) is 5.97. The van der Waals surface area contributed by atoms with Crippen LogP contribution in [0.25, 0.3) is 6.08 Å². The van der Waals surface area contributed by atoms with Gasteiger partial charge in [0.1, 0.15) is 17.5 Å². The van der Waals surface area contributed by atoms with Crippen molar-refractivity contribution in [2.24, 2.45) is 4.99 Å². The molecule has 0 fully saturated rings. The summed E-state index contributed by atoms with van der Waals surface area (Å²) >= 11 is 8.30. The molecule has 0 radical (unpaired) electrons. The summed E-state index contributed by atoms with van der Waals surface area (Å²) in [6.45, 7) is 7.99. The van der Waals surface area contributed by atoms with Crippen LogP contribution in [-0.4, -0.2) is 16.9 Å². The van der Waals surface area contributed by atoms with Crippen LogP contribution in [0.4, 0.5) is 11.7 Å². The van der Waals surface area contributed by atoms with Crippen molar-refractivity contribution in [3.63, 3.8) is 0 Å². The number of hydrogen-bond donors (Lipinski definition) is 3. The van der Waals surface area contributed by atoms with Crippen LogP contribution in [0.1, 0.15) is 55.8 Å². The number of thioether (sulfide) groups is 1. The van der Waals surface area contributed by atoms with E-state index in [9.17, 15) is 4.79 Å². The van der Waals surface area contributed by atoms with Crippen molar-refractivity contribution in [2.45, 2.75) is 51.5 Å². The molecule has 1 aromatic heterocycles. The van der Waals surface area contributed by atoms with Gasteiger partial charge in [-0.15, -0.1) is 0 Å². The molecule has 0 spiro atoms. The fraction of sp³-hybridized carbons (Fsp3) is 0.233. The van der Waals surface area contributed by atoms with Crippen LogP contribution in [0.5, 0.6) is 0 Å². The van der Waals surface area contributed by atoms with Crippen LogP contribution >= 0.6 is 23.4 Å². The van der Waals surface area contributed by atoms with Crippen molar-refractivity contribution >= 4 is 53.0 Å². The first-order chi connectivity index (χ1) is 18.8. The topological polar surface area (TPSA) is 91.6 Å². The highest BCUT2D eigenvalue weighted by Gasteiger charge is 2.31. The zero-order valence-electron chi connectivity index (χ0n) is 22.3. The maximum atomic E-state index is 13.7. The molecule has 1 aliphatic heterocycles. The van der Waals surface area contributed by atoms with Crippen LogP contribution in [0.2, 0.25) is 5.02 Å². The minimum Gasteiger partial charge on any atom is -0.428 e. The number of nitrogens with one attached hydrogen (secondary N) is 3. The van der Waals surface area contributed by atoms with Gasteiger partial charge in [0.05, 0.1) is 5.57 Å². The molecule has 2 aliphatic rings. The van der Waals surface area contributed by atoms with Crippen molar-refractivity contribution in [1.82, 2.24) is 10.3 Å². The summed E-state index contributed by atoms with van der Waals surface area (Å²) in [5.74, 6) is 1.01. The molecule has 9 heteroatoms. The van der Waals surface area contributed by atoms with Crippen LogP contribution < -0.4 is 16.0 Å². The second-order valence-electron chi connectivity index (χ2n) is 9.39. The number of guanidine groups is 1. The molecule has 2 aromatic carbocycles. The van der Waals surface area contributed by atoms with Crippen molar-refractivity contribution in [2.75, 3.05) is 10.6 Å². The average molecular weight is 560 g/mol. The quantitative estimate of drug-likeness (QED) is 0.269. The predicted molar refractivity (Wildman–Crippen MR) is 160 cm³/mol. The van der Waals surface area contributed by atoms with Crippen molar-refractivity contribution in [3.05, 3.63) is 98.4 Å². The maximum absolute atomic E-state index is 13.7. The highest BCUT2D eigenvalue weighted by atomic mass is 35.5. The van der Waals surface area contributed by atoms with E-state index >= 15 is 0 Å². The number of anilines is 2. The number of amides is 1. The largest absolute Gasteiger partial charge is 0.428 e. The number of aromatic nitrogens is 1. The zero-order chi connectivity index (χ0) is 27.5. The lowest BCUT2D eigenvalue weighted by atomic mass is 9.95. The van der Waals surface area contributed by atoms with Crippen molar-refractivity contribution in [1.29, 1.82) is 0 Å². The van der Waals surface area contributed by atoms with Gasteiger partial charge in [-0.05, 0) is 74.9 Å². The number of fused-ring (bicyclic) bond motifs is 1. The number of aryl methyl sites for hydroxylation is 2. The Balaban J connectivity index is 1.42. The van der Waals surface area contributed by atoms with E-state index in [4.69, 9.17) is 21.0 Å². The summed E-state index contributed by atoms with van der Waals surface area (Å²) in [7, 11) is 0. The van der Waals surface area contributed by atoms with E-state index in [2.05, 4.69) is 40.0 Å². The molecule has 3 N–H and O–H groups in total. The van der Waals surface area contributed by atoms with E-state index in [-0.39, 0.29) is 5.91 Å². The fourth-order valence-corrected chi connectivity index (χ4v) is 5.53. The summed E-state index contributed by atoms with van der Waals surface area (Å²) in [4.78, 5) is 25.4. The third-order valence-electron chi connectivity index (χ3n) is 6.56. The second kappa shape index (κ2) is 11.6. The first-order valence-electron chi connectivity index (χ1n) is 12.8. The number of hydrogen-bond acceptors (Lipinski definition) is 7. The van der Waals surface area contributed by atoms with Gasteiger partial charge in [-0.2, -0.15) is 4.98 Å². The predicted octanol–water partition coefficient (Wildman–Crippen LogP) is 7.64. The van der Waals surface area contributed by atoms with Gasteiger partial charge in [-0.1, -0.05) is 53.7 Å². The third-order valence-corrected chi connectivity index (χ3v) is 8.14. The summed E-state index contributed by atoms with van der Waals surface area (Å²) in [5, 5.41) is 9.95. The Labute approximate surface area is 237 Å². The standard InChI is InChI=1S/C30H30ClN5O2S/c1-5-18(3)39-25-15-14-20(16-17(25)2)33-28(37)26-19(4)32-29(35-27(26)21-10-6-7-11-22(21)31)36-30-34-23-12-8-9-13-24(23)38-30/h5-8,10-12,14-16,27H,9,13H2,1-4H3,(H,33,37)(H2,32,34,35,36)/b18-5-. The van der Waals surface area contributed by atoms with E-state index in [1.807, 2.05) is 63.2 Å². The highest BCUT2D eigenvalue weighted by Crippen LogP contribution is 2.36. The molecule has 0 saturated carbocycles. The van der Waals surface area contributed by atoms with E-state index in [0.717, 1.165) is 40.3 Å². The van der Waals surface area contributed by atoms with E-state index < -0.39 is 6.04 Å². The monoisotopic (exact) mass is 559 g/mol. The number of benzene rings is 2. The maximum Gasteiger partial charge on any atom is 0.302 e. The molecule has 5 rings (SSSR count). The first-order valence-corrected chi connectivity index (χ1v) is 14.0. The normalized spacial score (nSPS) is 16.9. The van der Waals surface area contributed by atoms with Gasteiger partial charge < -0.3 is 15.1 Å². The number of halogens is 1. The molecule has 1 atom stereocenters. The summed E-state index contributed by atoms with van der Waals surface area (Å²) in [5.41, 5.74) is 4.47. The fourth-order valence-electron chi connectivity index (χ4n) is 4.47. The molecule has 1 unspecified atom stereocenters. The van der Waals surface area contributed by atoms with Gasteiger partial charge in [0.15, 0.2) is 0 Å². The Bertz CT molecular complexity index is 1550. The van der Waals surface area contributed by atoms with Gasteiger partial charge >= 0.3 is 6.01 Å². The summed E-state index contributed by atoms with van der Waals surface area (Å²) < 4.78 is 5.89. The van der Waals surface area contributed by atoms with Crippen molar-refractivity contribution < 1.29 is 9.21 Å². The van der Waals surface area contributed by atoms with Gasteiger partial charge in [0.2, 0.25) is 5.96 Å². The Kier molecular flexibility index (Phi) is 7.95. The minimum atomic E-state index is -0.639. The molecule has 2 heterocycles. The van der Waals surface area contributed by atoms with Gasteiger partial charge in [-0.3, -0.25) is 10.1 Å². The molecular weight excluding hydrogens is 530 g/mol. The van der Waals surface area contributed by atoms with Crippen LogP contribution in [0.3, 0.4) is 0 Å². The molecule has 39 heavy (non-hydrogen) atoms. The van der Waals surface area contributed by atoms with Gasteiger partial charge in [0, 0.05) is 33.3 Å². The lowest BCUT2D eigenvalue weighted by Gasteiger charge is -2.27. The second-order valence-corrected chi connectivity index (χ2v) is 11.1. The number of allylic oxidation sites excluding steroid dienone is 4. The Hall–Kier alpha value is -3.75. The van der Waals surface area contributed by atoms with Crippen LogP contribution in [0, 0.1) is 6.92 Å². The molecule has 3 aromatic rings. The average Bonchev–Trinajstić information content (AvgIpc) is 3.32. The highest BCUT2D eigenvalue weighted by molar-refractivity contribution is 8.03. The van der Waals surface area contributed by atoms with Crippen LogP contribution in [0.15, 0.2) is 85.1 Å². The number of rotatable bonds is 6. The lowest BCUT2D eigenvalue weighted by Crippen LogP contribution is -2.37.